The number of esters is 2. The van der Waals surface area contributed by atoms with Crippen molar-refractivity contribution in [3.63, 3.8) is 0 Å². The average Bonchev–Trinajstić information content (AvgIpc) is 2.90. The normalized spacial score (nSPS) is 10.9. The number of thiophene rings is 1. The standard InChI is InChI=1S/C20H22ClNO5S/c1-10(2)26-19(24)15-12(5)16(20(25)27-11(3)4)28-18(15)22-17(23)13-6-8-14(21)9-7-13/h6-11H,1-5H3,(H,22,23). The van der Waals surface area contributed by atoms with Crippen LogP contribution >= 0.6 is 22.9 Å². The van der Waals surface area contributed by atoms with Crippen LogP contribution in [0, 0.1) is 6.92 Å². The van der Waals surface area contributed by atoms with Gasteiger partial charge in [0, 0.05) is 10.6 Å². The zero-order valence-electron chi connectivity index (χ0n) is 16.3. The first-order valence-electron chi connectivity index (χ1n) is 8.72. The number of benzene rings is 1. The molecule has 1 N–H and O–H groups in total. The van der Waals surface area contributed by atoms with Gasteiger partial charge in [-0.15, -0.1) is 11.3 Å². The van der Waals surface area contributed by atoms with E-state index < -0.39 is 17.8 Å². The highest BCUT2D eigenvalue weighted by Crippen LogP contribution is 2.35. The first kappa shape index (κ1) is 21.9. The lowest BCUT2D eigenvalue weighted by Gasteiger charge is -2.10. The molecule has 0 unspecified atom stereocenters. The lowest BCUT2D eigenvalue weighted by Crippen LogP contribution is -2.17. The molecule has 6 nitrogen and oxygen atoms in total. The molecule has 0 bridgehead atoms. The molecule has 2 aromatic rings. The number of carbonyl (C=O) groups is 3. The van der Waals surface area contributed by atoms with Gasteiger partial charge in [-0.2, -0.15) is 0 Å². The van der Waals surface area contributed by atoms with E-state index in [1.54, 1.807) is 58.9 Å². The zero-order valence-corrected chi connectivity index (χ0v) is 17.9. The van der Waals surface area contributed by atoms with Crippen LogP contribution in [0.15, 0.2) is 24.3 Å². The van der Waals surface area contributed by atoms with E-state index in [-0.39, 0.29) is 27.6 Å². The van der Waals surface area contributed by atoms with Crippen LogP contribution in [0.1, 0.15) is 63.6 Å². The SMILES string of the molecule is Cc1c(C(=O)OC(C)C)sc(NC(=O)c2ccc(Cl)cc2)c1C(=O)OC(C)C. The highest BCUT2D eigenvalue weighted by atomic mass is 35.5. The summed E-state index contributed by atoms with van der Waals surface area (Å²) in [6, 6.07) is 6.32. The molecule has 8 heteroatoms. The average molecular weight is 424 g/mol. The van der Waals surface area contributed by atoms with E-state index in [1.807, 2.05) is 0 Å². The summed E-state index contributed by atoms with van der Waals surface area (Å²) in [5.74, 6) is -1.60. The van der Waals surface area contributed by atoms with Crippen LogP contribution in [0.5, 0.6) is 0 Å². The Morgan fingerprint density at radius 2 is 1.50 bits per heavy atom. The van der Waals surface area contributed by atoms with Gasteiger partial charge in [-0.05, 0) is 64.4 Å². The van der Waals surface area contributed by atoms with Crippen LogP contribution in [-0.4, -0.2) is 30.1 Å². The molecule has 0 saturated carbocycles. The summed E-state index contributed by atoms with van der Waals surface area (Å²) >= 11 is 6.83. The predicted octanol–water partition coefficient (Wildman–Crippen LogP) is 5.09. The maximum Gasteiger partial charge on any atom is 0.348 e. The van der Waals surface area contributed by atoms with Crippen LogP contribution in [0.4, 0.5) is 5.00 Å². The van der Waals surface area contributed by atoms with Crippen LogP contribution in [0.25, 0.3) is 0 Å². The van der Waals surface area contributed by atoms with E-state index in [0.29, 0.717) is 16.1 Å². The molecular weight excluding hydrogens is 402 g/mol. The van der Waals surface area contributed by atoms with Crippen LogP contribution in [-0.2, 0) is 9.47 Å². The molecule has 0 aliphatic rings. The van der Waals surface area contributed by atoms with Crippen molar-refractivity contribution in [1.29, 1.82) is 0 Å². The van der Waals surface area contributed by atoms with Crippen molar-refractivity contribution in [2.45, 2.75) is 46.8 Å². The van der Waals surface area contributed by atoms with Crippen molar-refractivity contribution in [2.24, 2.45) is 0 Å². The Kier molecular flexibility index (Phi) is 7.21. The van der Waals surface area contributed by atoms with Gasteiger partial charge >= 0.3 is 11.9 Å². The Morgan fingerprint density at radius 3 is 2.04 bits per heavy atom. The number of halogens is 1. The number of hydrogen-bond donors (Lipinski definition) is 1. The predicted molar refractivity (Wildman–Crippen MR) is 110 cm³/mol. The molecule has 0 fully saturated rings. The molecule has 1 aromatic heterocycles. The molecule has 0 saturated heterocycles. The third-order valence-corrected chi connectivity index (χ3v) is 4.99. The number of amides is 1. The Labute approximate surface area is 172 Å². The monoisotopic (exact) mass is 423 g/mol. The highest BCUT2D eigenvalue weighted by Gasteiger charge is 2.28. The van der Waals surface area contributed by atoms with Crippen molar-refractivity contribution in [2.75, 3.05) is 5.32 Å². The summed E-state index contributed by atoms with van der Waals surface area (Å²) in [7, 11) is 0. The minimum Gasteiger partial charge on any atom is -0.459 e. The van der Waals surface area contributed by atoms with E-state index in [1.165, 1.54) is 0 Å². The zero-order chi connectivity index (χ0) is 21.0. The minimum atomic E-state index is -0.612. The molecule has 1 amide bonds. The summed E-state index contributed by atoms with van der Waals surface area (Å²) < 4.78 is 10.5. The van der Waals surface area contributed by atoms with Crippen molar-refractivity contribution < 1.29 is 23.9 Å². The van der Waals surface area contributed by atoms with E-state index in [9.17, 15) is 14.4 Å². The summed E-state index contributed by atoms with van der Waals surface area (Å²) in [6.45, 7) is 8.54. The molecule has 0 aliphatic heterocycles. The van der Waals surface area contributed by atoms with Gasteiger partial charge in [0.2, 0.25) is 0 Å². The smallest absolute Gasteiger partial charge is 0.348 e. The molecule has 0 spiro atoms. The van der Waals surface area contributed by atoms with Crippen LogP contribution < -0.4 is 5.32 Å². The van der Waals surface area contributed by atoms with E-state index in [0.717, 1.165) is 11.3 Å². The van der Waals surface area contributed by atoms with Gasteiger partial charge in [0.15, 0.2) is 0 Å². The van der Waals surface area contributed by atoms with Crippen LogP contribution in [0.2, 0.25) is 5.02 Å². The first-order chi connectivity index (χ1) is 13.1. The Hall–Kier alpha value is -2.38. The molecule has 28 heavy (non-hydrogen) atoms. The lowest BCUT2D eigenvalue weighted by molar-refractivity contribution is 0.0378. The van der Waals surface area contributed by atoms with Crippen molar-refractivity contribution in [3.05, 3.63) is 50.9 Å². The first-order valence-corrected chi connectivity index (χ1v) is 9.91. The number of nitrogens with one attached hydrogen (secondary N) is 1. The largest absolute Gasteiger partial charge is 0.459 e. The molecule has 1 aromatic carbocycles. The molecular formula is C20H22ClNO5S. The summed E-state index contributed by atoms with van der Waals surface area (Å²) in [4.78, 5) is 37.8. The quantitative estimate of drug-likeness (QED) is 0.654. The van der Waals surface area contributed by atoms with Gasteiger partial charge in [0.25, 0.3) is 5.91 Å². The summed E-state index contributed by atoms with van der Waals surface area (Å²) in [5, 5.41) is 3.44. The van der Waals surface area contributed by atoms with Gasteiger partial charge in [0.05, 0.1) is 17.8 Å². The van der Waals surface area contributed by atoms with Gasteiger partial charge in [-0.1, -0.05) is 11.6 Å². The Balaban J connectivity index is 2.42. The Morgan fingerprint density at radius 1 is 0.964 bits per heavy atom. The Bertz CT molecular complexity index is 887. The third kappa shape index (κ3) is 5.33. The number of rotatable bonds is 6. The maximum absolute atomic E-state index is 12.6. The van der Waals surface area contributed by atoms with Gasteiger partial charge in [-0.25, -0.2) is 9.59 Å². The molecule has 2 rings (SSSR count). The molecule has 150 valence electrons. The fourth-order valence-electron chi connectivity index (χ4n) is 2.36. The van der Waals surface area contributed by atoms with E-state index >= 15 is 0 Å². The lowest BCUT2D eigenvalue weighted by atomic mass is 10.1. The number of hydrogen-bond acceptors (Lipinski definition) is 6. The fourth-order valence-corrected chi connectivity index (χ4v) is 3.56. The number of anilines is 1. The fraction of sp³-hybridized carbons (Fsp3) is 0.350. The third-order valence-electron chi connectivity index (χ3n) is 3.56. The number of ether oxygens (including phenoxy) is 2. The summed E-state index contributed by atoms with van der Waals surface area (Å²) in [6.07, 6.45) is -0.662. The second-order valence-electron chi connectivity index (χ2n) is 6.63. The summed E-state index contributed by atoms with van der Waals surface area (Å²) in [5.41, 5.74) is 0.925. The van der Waals surface area contributed by atoms with Crippen molar-refractivity contribution in [1.82, 2.24) is 0 Å². The van der Waals surface area contributed by atoms with Gasteiger partial charge in [0.1, 0.15) is 9.88 Å². The number of carbonyl (C=O) groups excluding carboxylic acids is 3. The van der Waals surface area contributed by atoms with Crippen molar-refractivity contribution in [3.8, 4) is 0 Å². The maximum atomic E-state index is 12.6. The van der Waals surface area contributed by atoms with Crippen LogP contribution in [0.3, 0.4) is 0 Å². The van der Waals surface area contributed by atoms with Crippen molar-refractivity contribution >= 4 is 45.8 Å². The molecule has 0 aliphatic carbocycles. The second-order valence-corrected chi connectivity index (χ2v) is 8.09. The second kappa shape index (κ2) is 9.21. The molecule has 1 heterocycles. The highest BCUT2D eigenvalue weighted by molar-refractivity contribution is 7.18. The van der Waals surface area contributed by atoms with E-state index in [4.69, 9.17) is 21.1 Å². The van der Waals surface area contributed by atoms with Gasteiger partial charge in [-0.3, -0.25) is 4.79 Å². The minimum absolute atomic E-state index is 0.150. The topological polar surface area (TPSA) is 81.7 Å². The molecule has 0 atom stereocenters. The van der Waals surface area contributed by atoms with Gasteiger partial charge < -0.3 is 14.8 Å². The molecule has 0 radical (unpaired) electrons. The van der Waals surface area contributed by atoms with E-state index in [2.05, 4.69) is 5.32 Å².